The first kappa shape index (κ1) is 13.0. The van der Waals surface area contributed by atoms with Gasteiger partial charge in [-0.3, -0.25) is 4.79 Å². The Morgan fingerprint density at radius 3 is 2.50 bits per heavy atom. The van der Waals surface area contributed by atoms with E-state index in [2.05, 4.69) is 11.2 Å². The molecule has 0 fully saturated rings. The van der Waals surface area contributed by atoms with Crippen molar-refractivity contribution in [3.8, 4) is 12.3 Å². The van der Waals surface area contributed by atoms with E-state index >= 15 is 0 Å². The van der Waals surface area contributed by atoms with E-state index in [1.807, 2.05) is 20.8 Å². The number of hydrogen-bond donors (Lipinski definition) is 2. The molecule has 80 valence electrons. The molecule has 0 saturated heterocycles. The van der Waals surface area contributed by atoms with Crippen molar-refractivity contribution in [1.29, 1.82) is 0 Å². The smallest absolute Gasteiger partial charge is 0.238 e. The van der Waals surface area contributed by atoms with Crippen LogP contribution >= 0.6 is 0 Å². The minimum atomic E-state index is -0.470. The molecule has 3 N–H and O–H groups in total. The summed E-state index contributed by atoms with van der Waals surface area (Å²) in [5.74, 6) is 2.52. The van der Waals surface area contributed by atoms with E-state index < -0.39 is 6.04 Å². The number of nitrogens with two attached hydrogens (primary N) is 1. The van der Waals surface area contributed by atoms with Crippen LogP contribution in [-0.2, 0) is 4.79 Å². The molecule has 3 nitrogen and oxygen atoms in total. The fourth-order valence-electron chi connectivity index (χ4n) is 1.06. The SMILES string of the molecule is C#CC(CCC)NC(=O)C(N)C(C)C. The highest BCUT2D eigenvalue weighted by Crippen LogP contribution is 2.00. The van der Waals surface area contributed by atoms with Crippen LogP contribution in [0, 0.1) is 18.3 Å². The van der Waals surface area contributed by atoms with Gasteiger partial charge in [0.1, 0.15) is 0 Å². The van der Waals surface area contributed by atoms with Crippen LogP contribution in [0.25, 0.3) is 0 Å². The average molecular weight is 196 g/mol. The molecule has 0 radical (unpaired) electrons. The van der Waals surface area contributed by atoms with Crippen molar-refractivity contribution < 1.29 is 4.79 Å². The van der Waals surface area contributed by atoms with Crippen molar-refractivity contribution in [3.63, 3.8) is 0 Å². The molecule has 2 unspecified atom stereocenters. The Hall–Kier alpha value is -1.01. The molecular formula is C11H20N2O. The normalized spacial score (nSPS) is 14.6. The van der Waals surface area contributed by atoms with Gasteiger partial charge in [0.15, 0.2) is 0 Å². The first-order valence-corrected chi connectivity index (χ1v) is 5.05. The van der Waals surface area contributed by atoms with Crippen LogP contribution < -0.4 is 11.1 Å². The van der Waals surface area contributed by atoms with Gasteiger partial charge in [0, 0.05) is 0 Å². The Morgan fingerprint density at radius 2 is 2.14 bits per heavy atom. The van der Waals surface area contributed by atoms with Gasteiger partial charge in [0.2, 0.25) is 5.91 Å². The summed E-state index contributed by atoms with van der Waals surface area (Å²) in [6.45, 7) is 5.85. The molecule has 0 aromatic rings. The summed E-state index contributed by atoms with van der Waals surface area (Å²) in [4.78, 5) is 11.5. The largest absolute Gasteiger partial charge is 0.341 e. The molecule has 0 spiro atoms. The summed E-state index contributed by atoms with van der Waals surface area (Å²) in [7, 11) is 0. The molecule has 2 atom stereocenters. The molecule has 0 bridgehead atoms. The highest BCUT2D eigenvalue weighted by molar-refractivity contribution is 5.82. The molecular weight excluding hydrogens is 176 g/mol. The van der Waals surface area contributed by atoms with E-state index in [9.17, 15) is 4.79 Å². The number of rotatable bonds is 5. The maximum atomic E-state index is 11.5. The molecule has 0 saturated carbocycles. The first-order valence-electron chi connectivity index (χ1n) is 5.05. The zero-order chi connectivity index (χ0) is 11.1. The number of amides is 1. The summed E-state index contributed by atoms with van der Waals surface area (Å²) in [6.07, 6.45) is 7.03. The van der Waals surface area contributed by atoms with Gasteiger partial charge in [-0.25, -0.2) is 0 Å². The summed E-state index contributed by atoms with van der Waals surface area (Å²) < 4.78 is 0. The monoisotopic (exact) mass is 196 g/mol. The molecule has 0 aliphatic rings. The lowest BCUT2D eigenvalue weighted by atomic mass is 10.0. The Labute approximate surface area is 86.4 Å². The van der Waals surface area contributed by atoms with Crippen molar-refractivity contribution in [1.82, 2.24) is 5.32 Å². The molecule has 0 aliphatic carbocycles. The number of terminal acetylenes is 1. The summed E-state index contributed by atoms with van der Waals surface area (Å²) in [6, 6.07) is -0.653. The van der Waals surface area contributed by atoms with Crippen LogP contribution in [0.3, 0.4) is 0 Å². The topological polar surface area (TPSA) is 55.1 Å². The number of carbonyl (C=O) groups excluding carboxylic acids is 1. The third-order valence-corrected chi connectivity index (χ3v) is 2.12. The van der Waals surface area contributed by atoms with Gasteiger partial charge in [-0.05, 0) is 12.3 Å². The van der Waals surface area contributed by atoms with Gasteiger partial charge in [0.25, 0.3) is 0 Å². The zero-order valence-electron chi connectivity index (χ0n) is 9.21. The van der Waals surface area contributed by atoms with E-state index in [1.165, 1.54) is 0 Å². The van der Waals surface area contributed by atoms with Crippen molar-refractivity contribution in [2.45, 2.75) is 45.7 Å². The summed E-state index contributed by atoms with van der Waals surface area (Å²) in [5.41, 5.74) is 5.68. The molecule has 0 rings (SSSR count). The third kappa shape index (κ3) is 4.29. The fourth-order valence-corrected chi connectivity index (χ4v) is 1.06. The molecule has 1 amide bonds. The lowest BCUT2D eigenvalue weighted by molar-refractivity contribution is -0.123. The van der Waals surface area contributed by atoms with Crippen molar-refractivity contribution in [3.05, 3.63) is 0 Å². The Balaban J connectivity index is 4.10. The van der Waals surface area contributed by atoms with Gasteiger partial charge in [-0.15, -0.1) is 6.42 Å². The van der Waals surface area contributed by atoms with E-state index in [0.717, 1.165) is 12.8 Å². The Kier molecular flexibility index (Phi) is 5.98. The molecule has 0 heterocycles. The second-order valence-electron chi connectivity index (χ2n) is 3.79. The molecule has 3 heteroatoms. The Morgan fingerprint density at radius 1 is 1.57 bits per heavy atom. The number of carbonyl (C=O) groups is 1. The first-order chi connectivity index (χ1) is 6.52. The highest BCUT2D eigenvalue weighted by Gasteiger charge is 2.18. The second kappa shape index (κ2) is 6.44. The van der Waals surface area contributed by atoms with Gasteiger partial charge in [0.05, 0.1) is 12.1 Å². The molecule has 14 heavy (non-hydrogen) atoms. The van der Waals surface area contributed by atoms with Crippen molar-refractivity contribution in [2.75, 3.05) is 0 Å². The summed E-state index contributed by atoms with van der Waals surface area (Å²) >= 11 is 0. The minimum absolute atomic E-state index is 0.134. The van der Waals surface area contributed by atoms with Crippen LogP contribution in [0.15, 0.2) is 0 Å². The van der Waals surface area contributed by atoms with Gasteiger partial charge in [-0.2, -0.15) is 0 Å². The van der Waals surface area contributed by atoms with E-state index in [0.29, 0.717) is 0 Å². The summed E-state index contributed by atoms with van der Waals surface area (Å²) in [5, 5.41) is 2.75. The lowest BCUT2D eigenvalue weighted by Gasteiger charge is -2.18. The molecule has 0 aromatic heterocycles. The van der Waals surface area contributed by atoms with Crippen LogP contribution in [0.5, 0.6) is 0 Å². The predicted octanol–water partition coefficient (Wildman–Crippen LogP) is 0.888. The van der Waals surface area contributed by atoms with Crippen LogP contribution in [-0.4, -0.2) is 18.0 Å². The lowest BCUT2D eigenvalue weighted by Crippen LogP contribution is -2.47. The van der Waals surface area contributed by atoms with E-state index in [-0.39, 0.29) is 17.9 Å². The molecule has 0 aliphatic heterocycles. The van der Waals surface area contributed by atoms with Crippen molar-refractivity contribution in [2.24, 2.45) is 11.7 Å². The van der Waals surface area contributed by atoms with Gasteiger partial charge < -0.3 is 11.1 Å². The number of hydrogen-bond acceptors (Lipinski definition) is 2. The Bertz CT molecular complexity index is 218. The number of nitrogens with one attached hydrogen (secondary N) is 1. The maximum Gasteiger partial charge on any atom is 0.238 e. The third-order valence-electron chi connectivity index (χ3n) is 2.12. The van der Waals surface area contributed by atoms with Crippen LogP contribution in [0.1, 0.15) is 33.6 Å². The van der Waals surface area contributed by atoms with Crippen LogP contribution in [0.2, 0.25) is 0 Å². The maximum absolute atomic E-state index is 11.5. The second-order valence-corrected chi connectivity index (χ2v) is 3.79. The zero-order valence-corrected chi connectivity index (χ0v) is 9.21. The standard InChI is InChI=1S/C11H20N2O/c1-5-7-9(6-2)13-11(14)10(12)8(3)4/h2,8-10H,5,7,12H2,1,3-4H3,(H,13,14). The fraction of sp³-hybridized carbons (Fsp3) is 0.727. The van der Waals surface area contributed by atoms with Crippen LogP contribution in [0.4, 0.5) is 0 Å². The molecule has 0 aromatic carbocycles. The van der Waals surface area contributed by atoms with E-state index in [4.69, 9.17) is 12.2 Å². The van der Waals surface area contributed by atoms with Gasteiger partial charge in [-0.1, -0.05) is 33.1 Å². The predicted molar refractivity (Wildman–Crippen MR) is 58.5 cm³/mol. The quantitative estimate of drug-likeness (QED) is 0.642. The highest BCUT2D eigenvalue weighted by atomic mass is 16.2. The van der Waals surface area contributed by atoms with Gasteiger partial charge >= 0.3 is 0 Å². The van der Waals surface area contributed by atoms with E-state index in [1.54, 1.807) is 0 Å². The van der Waals surface area contributed by atoms with Crippen molar-refractivity contribution >= 4 is 5.91 Å². The minimum Gasteiger partial charge on any atom is -0.341 e. The average Bonchev–Trinajstić information content (AvgIpc) is 2.15.